The molecule has 1 heterocycles. The van der Waals surface area contributed by atoms with Crippen molar-refractivity contribution in [2.45, 2.75) is 19.9 Å². The standard InChI is InChI=1S/C13H17N3/c1-9(2)13(16-14)11-5-3-4-10-6-7-15-8-12(10)11/h3-9,13,16H,14H2,1-2H3. The van der Waals surface area contributed by atoms with Crippen molar-refractivity contribution in [3.63, 3.8) is 0 Å². The summed E-state index contributed by atoms with van der Waals surface area (Å²) in [4.78, 5) is 4.18. The lowest BCUT2D eigenvalue weighted by Gasteiger charge is -2.21. The van der Waals surface area contributed by atoms with Crippen LogP contribution in [-0.4, -0.2) is 4.98 Å². The van der Waals surface area contributed by atoms with Crippen LogP contribution >= 0.6 is 0 Å². The van der Waals surface area contributed by atoms with Crippen LogP contribution in [0, 0.1) is 5.92 Å². The number of nitrogens with one attached hydrogen (secondary N) is 1. The summed E-state index contributed by atoms with van der Waals surface area (Å²) < 4.78 is 0. The number of hydrogen-bond donors (Lipinski definition) is 2. The number of pyridine rings is 1. The van der Waals surface area contributed by atoms with Gasteiger partial charge in [-0.3, -0.25) is 16.3 Å². The number of rotatable bonds is 3. The Kier molecular flexibility index (Phi) is 3.17. The Hall–Kier alpha value is -1.45. The van der Waals surface area contributed by atoms with E-state index >= 15 is 0 Å². The van der Waals surface area contributed by atoms with Crippen molar-refractivity contribution in [1.82, 2.24) is 10.4 Å². The predicted molar refractivity (Wildman–Crippen MR) is 66.6 cm³/mol. The second-order valence-electron chi connectivity index (χ2n) is 4.33. The number of fused-ring (bicyclic) bond motifs is 1. The maximum atomic E-state index is 5.63. The minimum Gasteiger partial charge on any atom is -0.271 e. The summed E-state index contributed by atoms with van der Waals surface area (Å²) in [6, 6.07) is 8.44. The lowest BCUT2D eigenvalue weighted by Crippen LogP contribution is -2.31. The molecular formula is C13H17N3. The normalized spacial score (nSPS) is 13.2. The van der Waals surface area contributed by atoms with Gasteiger partial charge >= 0.3 is 0 Å². The Bertz CT molecular complexity index is 474. The van der Waals surface area contributed by atoms with Crippen molar-refractivity contribution in [2.75, 3.05) is 0 Å². The van der Waals surface area contributed by atoms with Crippen LogP contribution in [0.3, 0.4) is 0 Å². The van der Waals surface area contributed by atoms with Crippen molar-refractivity contribution in [3.8, 4) is 0 Å². The molecule has 1 atom stereocenters. The summed E-state index contributed by atoms with van der Waals surface area (Å²) in [6.45, 7) is 4.31. The van der Waals surface area contributed by atoms with E-state index in [1.807, 2.05) is 18.5 Å². The van der Waals surface area contributed by atoms with Crippen LogP contribution in [-0.2, 0) is 0 Å². The fourth-order valence-corrected chi connectivity index (χ4v) is 2.05. The summed E-state index contributed by atoms with van der Waals surface area (Å²) >= 11 is 0. The van der Waals surface area contributed by atoms with Crippen molar-refractivity contribution in [3.05, 3.63) is 42.2 Å². The molecule has 1 unspecified atom stereocenters. The zero-order chi connectivity index (χ0) is 11.5. The molecule has 0 fully saturated rings. The summed E-state index contributed by atoms with van der Waals surface area (Å²) in [5.41, 5.74) is 4.09. The van der Waals surface area contributed by atoms with Gasteiger partial charge in [-0.05, 0) is 22.9 Å². The van der Waals surface area contributed by atoms with Gasteiger partial charge < -0.3 is 0 Å². The SMILES string of the molecule is CC(C)C(NN)c1cccc2ccncc12. The third-order valence-electron chi connectivity index (χ3n) is 2.90. The highest BCUT2D eigenvalue weighted by Crippen LogP contribution is 2.27. The van der Waals surface area contributed by atoms with E-state index in [1.54, 1.807) is 0 Å². The zero-order valence-corrected chi connectivity index (χ0v) is 9.64. The average Bonchev–Trinajstić information content (AvgIpc) is 2.30. The van der Waals surface area contributed by atoms with Crippen LogP contribution in [0.25, 0.3) is 10.8 Å². The Morgan fingerprint density at radius 1 is 1.25 bits per heavy atom. The molecule has 2 rings (SSSR count). The molecule has 1 aromatic carbocycles. The van der Waals surface area contributed by atoms with Crippen molar-refractivity contribution >= 4 is 10.8 Å². The van der Waals surface area contributed by atoms with E-state index in [0.29, 0.717) is 5.92 Å². The Morgan fingerprint density at radius 2 is 2.06 bits per heavy atom. The highest BCUT2D eigenvalue weighted by molar-refractivity contribution is 5.85. The van der Waals surface area contributed by atoms with Crippen LogP contribution in [0.4, 0.5) is 0 Å². The number of hydrazine groups is 1. The second kappa shape index (κ2) is 4.60. The first-order chi connectivity index (χ1) is 7.74. The first-order valence-electron chi connectivity index (χ1n) is 5.53. The van der Waals surface area contributed by atoms with Crippen molar-refractivity contribution in [2.24, 2.45) is 11.8 Å². The lowest BCUT2D eigenvalue weighted by atomic mass is 9.93. The first kappa shape index (κ1) is 11.0. The van der Waals surface area contributed by atoms with E-state index in [0.717, 1.165) is 0 Å². The van der Waals surface area contributed by atoms with E-state index in [1.165, 1.54) is 16.3 Å². The van der Waals surface area contributed by atoms with Crippen LogP contribution < -0.4 is 11.3 Å². The smallest absolute Gasteiger partial charge is 0.0489 e. The van der Waals surface area contributed by atoms with Gasteiger partial charge in [0.25, 0.3) is 0 Å². The first-order valence-corrected chi connectivity index (χ1v) is 5.53. The van der Waals surface area contributed by atoms with Gasteiger partial charge in [0.05, 0.1) is 0 Å². The molecule has 3 N–H and O–H groups in total. The predicted octanol–water partition coefficient (Wildman–Crippen LogP) is 2.40. The van der Waals surface area contributed by atoms with Crippen LogP contribution in [0.2, 0.25) is 0 Å². The molecule has 0 aliphatic heterocycles. The van der Waals surface area contributed by atoms with Gasteiger partial charge in [-0.1, -0.05) is 32.0 Å². The fraction of sp³-hybridized carbons (Fsp3) is 0.308. The molecule has 0 saturated heterocycles. The van der Waals surface area contributed by atoms with Gasteiger partial charge in [-0.15, -0.1) is 0 Å². The summed E-state index contributed by atoms with van der Waals surface area (Å²) in [5.74, 6) is 6.07. The second-order valence-corrected chi connectivity index (χ2v) is 4.33. The number of nitrogens with two attached hydrogens (primary N) is 1. The molecule has 0 radical (unpaired) electrons. The Labute approximate surface area is 95.7 Å². The summed E-state index contributed by atoms with van der Waals surface area (Å²) in [7, 11) is 0. The molecule has 84 valence electrons. The van der Waals surface area contributed by atoms with Gasteiger partial charge in [0.15, 0.2) is 0 Å². The molecule has 16 heavy (non-hydrogen) atoms. The zero-order valence-electron chi connectivity index (χ0n) is 9.64. The van der Waals surface area contributed by atoms with Crippen molar-refractivity contribution < 1.29 is 0 Å². The van der Waals surface area contributed by atoms with Crippen LogP contribution in [0.5, 0.6) is 0 Å². The highest BCUT2D eigenvalue weighted by atomic mass is 15.2. The maximum absolute atomic E-state index is 5.63. The molecule has 0 saturated carbocycles. The number of hydrogen-bond acceptors (Lipinski definition) is 3. The van der Waals surface area contributed by atoms with Gasteiger partial charge in [0.2, 0.25) is 0 Å². The third kappa shape index (κ3) is 1.92. The highest BCUT2D eigenvalue weighted by Gasteiger charge is 2.16. The van der Waals surface area contributed by atoms with Gasteiger partial charge in [-0.2, -0.15) is 0 Å². The molecule has 0 bridgehead atoms. The molecular weight excluding hydrogens is 198 g/mol. The summed E-state index contributed by atoms with van der Waals surface area (Å²) in [5, 5.41) is 2.37. The molecule has 0 aliphatic carbocycles. The van der Waals surface area contributed by atoms with E-state index in [9.17, 15) is 0 Å². The maximum Gasteiger partial charge on any atom is 0.0489 e. The molecule has 3 nitrogen and oxygen atoms in total. The largest absolute Gasteiger partial charge is 0.271 e. The van der Waals surface area contributed by atoms with Crippen molar-refractivity contribution in [1.29, 1.82) is 0 Å². The molecule has 0 amide bonds. The number of nitrogens with zero attached hydrogens (tertiary/aromatic N) is 1. The van der Waals surface area contributed by atoms with Gasteiger partial charge in [0, 0.05) is 23.8 Å². The molecule has 2 aromatic rings. The lowest BCUT2D eigenvalue weighted by molar-refractivity contribution is 0.423. The number of benzene rings is 1. The monoisotopic (exact) mass is 215 g/mol. The van der Waals surface area contributed by atoms with E-state index in [4.69, 9.17) is 5.84 Å². The molecule has 0 aliphatic rings. The third-order valence-corrected chi connectivity index (χ3v) is 2.90. The Morgan fingerprint density at radius 3 is 2.75 bits per heavy atom. The summed E-state index contributed by atoms with van der Waals surface area (Å²) in [6.07, 6.45) is 3.71. The quantitative estimate of drug-likeness (QED) is 0.610. The van der Waals surface area contributed by atoms with E-state index in [-0.39, 0.29) is 6.04 Å². The molecule has 0 spiro atoms. The van der Waals surface area contributed by atoms with E-state index in [2.05, 4.69) is 42.5 Å². The minimum atomic E-state index is 0.160. The topological polar surface area (TPSA) is 50.9 Å². The molecule has 1 aromatic heterocycles. The molecule has 3 heteroatoms. The van der Waals surface area contributed by atoms with Gasteiger partial charge in [0.1, 0.15) is 0 Å². The van der Waals surface area contributed by atoms with Crippen LogP contribution in [0.15, 0.2) is 36.7 Å². The fourth-order valence-electron chi connectivity index (χ4n) is 2.05. The van der Waals surface area contributed by atoms with Gasteiger partial charge in [-0.25, -0.2) is 0 Å². The minimum absolute atomic E-state index is 0.160. The van der Waals surface area contributed by atoms with E-state index < -0.39 is 0 Å². The van der Waals surface area contributed by atoms with Crippen LogP contribution in [0.1, 0.15) is 25.5 Å². The number of aromatic nitrogens is 1. The Balaban J connectivity index is 2.59. The average molecular weight is 215 g/mol.